The summed E-state index contributed by atoms with van der Waals surface area (Å²) in [6.07, 6.45) is -0.0629. The number of nitrogens with two attached hydrogens (primary N) is 2. The smallest absolute Gasteiger partial charge is 0.325 e. The molecule has 0 saturated carbocycles. The molecule has 0 heterocycles. The monoisotopic (exact) mass is 718 g/mol. The zero-order chi connectivity index (χ0) is 38.7. The number of amides is 6. The van der Waals surface area contributed by atoms with Crippen molar-refractivity contribution in [3.63, 3.8) is 0 Å². The van der Waals surface area contributed by atoms with E-state index in [0.717, 1.165) is 0 Å². The average Bonchev–Trinajstić information content (AvgIpc) is 3.02. The highest BCUT2D eigenvalue weighted by atomic mass is 16.4. The molecule has 8 atom stereocenters. The second-order valence-corrected chi connectivity index (χ2v) is 13.1. The van der Waals surface area contributed by atoms with Crippen LogP contribution >= 0.6 is 0 Å². The topological polar surface area (TPSA) is 325 Å². The number of aliphatic hydroxyl groups excluding tert-OH is 3. The van der Waals surface area contributed by atoms with Crippen LogP contribution in [0.5, 0.6) is 0 Å². The van der Waals surface area contributed by atoms with Crippen LogP contribution in [0.15, 0.2) is 0 Å². The van der Waals surface area contributed by atoms with Gasteiger partial charge in [0, 0.05) is 0 Å². The van der Waals surface area contributed by atoms with E-state index in [1.165, 1.54) is 13.8 Å². The minimum absolute atomic E-state index is 0.0570. The molecule has 14 N–H and O–H groups in total. The Bertz CT molecular complexity index is 1140. The number of rotatable bonds is 24. The number of hydrogen-bond donors (Lipinski definition) is 12. The van der Waals surface area contributed by atoms with E-state index >= 15 is 0 Å². The minimum Gasteiger partial charge on any atom is -0.480 e. The molecule has 0 aromatic heterocycles. The van der Waals surface area contributed by atoms with Crippen molar-refractivity contribution in [3.8, 4) is 0 Å². The Kier molecular flexibility index (Phi) is 21.6. The quantitative estimate of drug-likeness (QED) is 0.0423. The van der Waals surface area contributed by atoms with Gasteiger partial charge in [-0.25, -0.2) is 0 Å². The first-order valence-corrected chi connectivity index (χ1v) is 16.7. The number of unbranched alkanes of at least 4 members (excludes halogenated alkanes) is 1. The van der Waals surface area contributed by atoms with Crippen molar-refractivity contribution in [2.45, 2.75) is 122 Å². The SMILES string of the molecule is CC(C)C[C@H](NC(=O)[C@@H](N)CC(C)C)C(=O)N[C@H](C(=O)N[C@@H](CO)C(=O)N[C@@H](CO)C(=O)N[C@@H](CCCCN)C(=O)N[C@@H](C)C(=O)O)[C@@H](C)O. The van der Waals surface area contributed by atoms with E-state index in [2.05, 4.69) is 31.9 Å². The van der Waals surface area contributed by atoms with Crippen LogP contribution < -0.4 is 43.4 Å². The Balaban J connectivity index is 5.74. The lowest BCUT2D eigenvalue weighted by atomic mass is 10.00. The van der Waals surface area contributed by atoms with Gasteiger partial charge in [-0.1, -0.05) is 27.7 Å². The molecule has 0 radical (unpaired) electrons. The maximum Gasteiger partial charge on any atom is 0.325 e. The van der Waals surface area contributed by atoms with Gasteiger partial charge in [-0.3, -0.25) is 33.6 Å². The summed E-state index contributed by atoms with van der Waals surface area (Å²) in [5.41, 5.74) is 11.4. The van der Waals surface area contributed by atoms with E-state index in [0.29, 0.717) is 25.8 Å². The van der Waals surface area contributed by atoms with Gasteiger partial charge in [-0.05, 0) is 64.3 Å². The third kappa shape index (κ3) is 17.1. The largest absolute Gasteiger partial charge is 0.480 e. The fourth-order valence-electron chi connectivity index (χ4n) is 4.59. The molecule has 0 aliphatic rings. The molecular weight excluding hydrogens is 660 g/mol. The molecule has 0 aliphatic heterocycles. The number of aliphatic carboxylic acids is 1. The van der Waals surface area contributed by atoms with Gasteiger partial charge in [0.25, 0.3) is 0 Å². The van der Waals surface area contributed by atoms with Crippen molar-refractivity contribution in [2.75, 3.05) is 19.8 Å². The number of carboxylic acids is 1. The van der Waals surface area contributed by atoms with Gasteiger partial charge in [-0.2, -0.15) is 0 Å². The molecule has 0 aromatic rings. The van der Waals surface area contributed by atoms with E-state index < -0.39 is 103 Å². The van der Waals surface area contributed by atoms with Crippen LogP contribution in [0.3, 0.4) is 0 Å². The fourth-order valence-corrected chi connectivity index (χ4v) is 4.59. The van der Waals surface area contributed by atoms with Crippen LogP contribution in [-0.2, 0) is 33.6 Å². The molecule has 6 amide bonds. The van der Waals surface area contributed by atoms with Crippen LogP contribution in [-0.4, -0.2) is 130 Å². The Hall–Kier alpha value is -3.91. The molecule has 19 heteroatoms. The van der Waals surface area contributed by atoms with Crippen molar-refractivity contribution >= 4 is 41.4 Å². The summed E-state index contributed by atoms with van der Waals surface area (Å²) < 4.78 is 0. The van der Waals surface area contributed by atoms with Gasteiger partial charge in [0.2, 0.25) is 35.4 Å². The summed E-state index contributed by atoms with van der Waals surface area (Å²) in [7, 11) is 0. The molecule has 288 valence electrons. The van der Waals surface area contributed by atoms with E-state index in [9.17, 15) is 48.9 Å². The second kappa shape index (κ2) is 23.5. The van der Waals surface area contributed by atoms with Gasteiger partial charge >= 0.3 is 5.97 Å². The normalized spacial score (nSPS) is 16.1. The maximum absolute atomic E-state index is 13.2. The molecule has 50 heavy (non-hydrogen) atoms. The molecule has 0 bridgehead atoms. The molecular formula is C31H58N8O11. The summed E-state index contributed by atoms with van der Waals surface area (Å²) in [6, 6.07) is -9.60. The summed E-state index contributed by atoms with van der Waals surface area (Å²) in [5.74, 6) is -6.75. The van der Waals surface area contributed by atoms with E-state index in [1.54, 1.807) is 13.8 Å². The Labute approximate surface area is 292 Å². The molecule has 0 fully saturated rings. The van der Waals surface area contributed by atoms with Crippen LogP contribution in [0.1, 0.15) is 73.6 Å². The first kappa shape index (κ1) is 46.1. The lowest BCUT2D eigenvalue weighted by molar-refractivity contribution is -0.142. The lowest BCUT2D eigenvalue weighted by Crippen LogP contribution is -2.62. The summed E-state index contributed by atoms with van der Waals surface area (Å²) >= 11 is 0. The highest BCUT2D eigenvalue weighted by Crippen LogP contribution is 2.09. The molecule has 0 rings (SSSR count). The van der Waals surface area contributed by atoms with E-state index in [-0.39, 0.29) is 24.7 Å². The first-order valence-electron chi connectivity index (χ1n) is 16.7. The molecule has 0 aliphatic carbocycles. The lowest BCUT2D eigenvalue weighted by Gasteiger charge is -2.28. The summed E-state index contributed by atoms with van der Waals surface area (Å²) in [5, 5.41) is 53.0. The molecule has 0 saturated heterocycles. The Morgan fingerprint density at radius 2 is 1.02 bits per heavy atom. The molecule has 19 nitrogen and oxygen atoms in total. The standard InChI is InChI=1S/C31H58N8O11/c1-15(2)11-19(33)25(43)36-21(12-16(3)4)27(45)39-24(18(6)42)30(48)38-23(14-41)29(47)37-22(13-40)28(46)35-20(9-7-8-10-32)26(44)34-17(5)31(49)50/h15-24,40-42H,7-14,32-33H2,1-6H3,(H,34,44)(H,35,46)(H,36,43)(H,37,47)(H,38,48)(H,39,45)(H,49,50)/t17-,18+,19-,20-,21-,22-,23-,24-/m0/s1. The second-order valence-electron chi connectivity index (χ2n) is 13.1. The number of nitrogens with one attached hydrogen (secondary N) is 6. The van der Waals surface area contributed by atoms with Crippen molar-refractivity contribution < 1.29 is 54.0 Å². The Morgan fingerprint density at radius 1 is 0.580 bits per heavy atom. The first-order chi connectivity index (χ1) is 23.3. The van der Waals surface area contributed by atoms with Crippen LogP contribution in [0.4, 0.5) is 0 Å². The van der Waals surface area contributed by atoms with E-state index in [4.69, 9.17) is 16.6 Å². The summed E-state index contributed by atoms with van der Waals surface area (Å²) in [6.45, 7) is 8.10. The van der Waals surface area contributed by atoms with Crippen molar-refractivity contribution in [2.24, 2.45) is 23.3 Å². The predicted octanol–water partition coefficient (Wildman–Crippen LogP) is -4.09. The predicted molar refractivity (Wildman–Crippen MR) is 181 cm³/mol. The van der Waals surface area contributed by atoms with E-state index in [1.807, 2.05) is 13.8 Å². The number of hydrogen-bond acceptors (Lipinski definition) is 12. The van der Waals surface area contributed by atoms with Crippen LogP contribution in [0.2, 0.25) is 0 Å². The number of carboxylic acid groups (broad SMARTS) is 1. The van der Waals surface area contributed by atoms with Gasteiger partial charge < -0.3 is 63.8 Å². The average molecular weight is 719 g/mol. The third-order valence-corrected chi connectivity index (χ3v) is 7.41. The van der Waals surface area contributed by atoms with Crippen LogP contribution in [0.25, 0.3) is 0 Å². The highest BCUT2D eigenvalue weighted by molar-refractivity contribution is 5.97. The van der Waals surface area contributed by atoms with Gasteiger partial charge in [-0.15, -0.1) is 0 Å². The number of aliphatic hydroxyl groups is 3. The van der Waals surface area contributed by atoms with Crippen molar-refractivity contribution in [3.05, 3.63) is 0 Å². The Morgan fingerprint density at radius 3 is 1.46 bits per heavy atom. The number of carbonyl (C=O) groups is 7. The molecule has 0 unspecified atom stereocenters. The summed E-state index contributed by atoms with van der Waals surface area (Å²) in [4.78, 5) is 88.8. The molecule has 0 aromatic carbocycles. The highest BCUT2D eigenvalue weighted by Gasteiger charge is 2.34. The fraction of sp³-hybridized carbons (Fsp3) is 0.774. The van der Waals surface area contributed by atoms with Crippen molar-refractivity contribution in [1.29, 1.82) is 0 Å². The van der Waals surface area contributed by atoms with Gasteiger partial charge in [0.05, 0.1) is 25.4 Å². The zero-order valence-corrected chi connectivity index (χ0v) is 29.7. The van der Waals surface area contributed by atoms with Gasteiger partial charge in [0.1, 0.15) is 36.3 Å². The molecule has 0 spiro atoms. The maximum atomic E-state index is 13.2. The van der Waals surface area contributed by atoms with Crippen LogP contribution in [0, 0.1) is 11.8 Å². The van der Waals surface area contributed by atoms with Gasteiger partial charge in [0.15, 0.2) is 0 Å². The minimum atomic E-state index is -1.73. The number of carbonyl (C=O) groups excluding carboxylic acids is 6. The van der Waals surface area contributed by atoms with Crippen molar-refractivity contribution in [1.82, 2.24) is 31.9 Å². The zero-order valence-electron chi connectivity index (χ0n) is 29.7. The third-order valence-electron chi connectivity index (χ3n) is 7.41.